The van der Waals surface area contributed by atoms with Crippen molar-refractivity contribution in [3.05, 3.63) is 64.3 Å². The van der Waals surface area contributed by atoms with Crippen molar-refractivity contribution in [3.63, 3.8) is 0 Å². The maximum absolute atomic E-state index is 13.0. The van der Waals surface area contributed by atoms with E-state index in [1.54, 1.807) is 0 Å². The summed E-state index contributed by atoms with van der Waals surface area (Å²) in [5, 5.41) is 12.0. The predicted molar refractivity (Wildman–Crippen MR) is 97.2 cm³/mol. The molecule has 0 saturated carbocycles. The van der Waals surface area contributed by atoms with Crippen molar-refractivity contribution < 1.29 is 23.9 Å². The molecule has 1 aromatic heterocycles. The van der Waals surface area contributed by atoms with Crippen molar-refractivity contribution in [1.82, 2.24) is 9.88 Å². The fraction of sp³-hybridized carbons (Fsp3) is 0.263. The monoisotopic (exact) mass is 387 g/mol. The van der Waals surface area contributed by atoms with E-state index < -0.39 is 35.4 Å². The SMILES string of the molecule is O=C(O)[C@H]1C[C@@H](C(=O)Nc2ccc(F)cc2)CN(C(=O)c2ccc(=O)[nH]c2)C1. The summed E-state index contributed by atoms with van der Waals surface area (Å²) in [5.74, 6) is -4.10. The molecule has 8 nitrogen and oxygen atoms in total. The second-order valence-corrected chi connectivity index (χ2v) is 6.62. The average Bonchev–Trinajstić information content (AvgIpc) is 2.69. The summed E-state index contributed by atoms with van der Waals surface area (Å²) in [7, 11) is 0. The van der Waals surface area contributed by atoms with E-state index in [4.69, 9.17) is 0 Å². The van der Waals surface area contributed by atoms with E-state index in [0.717, 1.165) is 0 Å². The molecule has 1 aliphatic rings. The number of carboxylic acids is 1. The van der Waals surface area contributed by atoms with Crippen molar-refractivity contribution in [2.75, 3.05) is 18.4 Å². The Bertz CT molecular complexity index is 936. The number of nitrogens with zero attached hydrogens (tertiary/aromatic N) is 1. The number of carboxylic acid groups (broad SMARTS) is 1. The minimum absolute atomic E-state index is 0.0341. The van der Waals surface area contributed by atoms with E-state index in [1.165, 1.54) is 47.5 Å². The fourth-order valence-corrected chi connectivity index (χ4v) is 3.14. The number of carbonyl (C=O) groups excluding carboxylic acids is 2. The number of benzene rings is 1. The maximum Gasteiger partial charge on any atom is 0.308 e. The van der Waals surface area contributed by atoms with Crippen molar-refractivity contribution >= 4 is 23.5 Å². The Morgan fingerprint density at radius 2 is 1.75 bits per heavy atom. The third-order valence-electron chi connectivity index (χ3n) is 4.60. The smallest absolute Gasteiger partial charge is 0.308 e. The van der Waals surface area contributed by atoms with Gasteiger partial charge in [-0.25, -0.2) is 4.39 Å². The normalized spacial score (nSPS) is 19.1. The molecule has 0 spiro atoms. The number of rotatable bonds is 4. The Morgan fingerprint density at radius 3 is 2.36 bits per heavy atom. The molecule has 1 aromatic carbocycles. The van der Waals surface area contributed by atoms with Gasteiger partial charge in [-0.05, 0) is 36.8 Å². The molecular formula is C19H18FN3O5. The molecule has 146 valence electrons. The molecule has 1 saturated heterocycles. The lowest BCUT2D eigenvalue weighted by Crippen LogP contribution is -2.49. The zero-order valence-electron chi connectivity index (χ0n) is 14.7. The summed E-state index contributed by atoms with van der Waals surface area (Å²) in [6.07, 6.45) is 1.33. The van der Waals surface area contributed by atoms with Gasteiger partial charge in [0.2, 0.25) is 11.5 Å². The van der Waals surface area contributed by atoms with Gasteiger partial charge in [0.1, 0.15) is 5.82 Å². The second kappa shape index (κ2) is 8.03. The lowest BCUT2D eigenvalue weighted by atomic mass is 9.88. The van der Waals surface area contributed by atoms with E-state index in [2.05, 4.69) is 10.3 Å². The number of pyridine rings is 1. The summed E-state index contributed by atoms with van der Waals surface area (Å²) in [6, 6.07) is 7.73. The van der Waals surface area contributed by atoms with Crippen LogP contribution < -0.4 is 10.9 Å². The molecule has 2 amide bonds. The van der Waals surface area contributed by atoms with Gasteiger partial charge in [0, 0.05) is 31.0 Å². The molecule has 2 aromatic rings. The summed E-state index contributed by atoms with van der Waals surface area (Å²) in [5.41, 5.74) is 0.209. The zero-order valence-corrected chi connectivity index (χ0v) is 14.7. The van der Waals surface area contributed by atoms with Crippen LogP contribution in [0.5, 0.6) is 0 Å². The van der Waals surface area contributed by atoms with Gasteiger partial charge in [0.15, 0.2) is 0 Å². The van der Waals surface area contributed by atoms with Crippen LogP contribution in [0, 0.1) is 17.7 Å². The highest BCUT2D eigenvalue weighted by molar-refractivity contribution is 5.96. The van der Waals surface area contributed by atoms with Gasteiger partial charge in [-0.1, -0.05) is 0 Å². The summed E-state index contributed by atoms with van der Waals surface area (Å²) < 4.78 is 13.0. The standard InChI is InChI=1S/C19H18FN3O5/c20-14-2-4-15(5-3-14)22-17(25)12-7-13(19(27)28)10-23(9-12)18(26)11-1-6-16(24)21-8-11/h1-6,8,12-13H,7,9-10H2,(H,21,24)(H,22,25)(H,27,28)/t12-,13+/m1/s1. The van der Waals surface area contributed by atoms with E-state index in [0.29, 0.717) is 5.69 Å². The second-order valence-electron chi connectivity index (χ2n) is 6.62. The molecule has 0 aliphatic carbocycles. The summed E-state index contributed by atoms with van der Waals surface area (Å²) in [6.45, 7) is 0.00237. The first-order valence-electron chi connectivity index (χ1n) is 8.60. The van der Waals surface area contributed by atoms with Crippen molar-refractivity contribution in [3.8, 4) is 0 Å². The molecule has 0 radical (unpaired) electrons. The number of nitrogens with one attached hydrogen (secondary N) is 2. The molecule has 2 atom stereocenters. The van der Waals surface area contributed by atoms with Gasteiger partial charge in [-0.2, -0.15) is 0 Å². The summed E-state index contributed by atoms with van der Waals surface area (Å²) >= 11 is 0. The molecule has 9 heteroatoms. The third kappa shape index (κ3) is 4.43. The number of aromatic nitrogens is 1. The number of halogens is 1. The van der Waals surface area contributed by atoms with Gasteiger partial charge in [-0.15, -0.1) is 0 Å². The number of piperidine rings is 1. The number of likely N-dealkylation sites (tertiary alicyclic amines) is 1. The number of H-pyrrole nitrogens is 1. The van der Waals surface area contributed by atoms with Crippen LogP contribution in [0.4, 0.5) is 10.1 Å². The molecule has 0 unspecified atom stereocenters. The van der Waals surface area contributed by atoms with E-state index in [1.807, 2.05) is 0 Å². The Kier molecular flexibility index (Phi) is 5.53. The zero-order chi connectivity index (χ0) is 20.3. The molecule has 3 N–H and O–H groups in total. The van der Waals surface area contributed by atoms with Gasteiger partial charge in [0.25, 0.3) is 5.91 Å². The molecule has 28 heavy (non-hydrogen) atoms. The predicted octanol–water partition coefficient (Wildman–Crippen LogP) is 1.32. The van der Waals surface area contributed by atoms with Crippen LogP contribution in [-0.4, -0.2) is 45.9 Å². The van der Waals surface area contributed by atoms with E-state index >= 15 is 0 Å². The number of aromatic amines is 1. The fourth-order valence-electron chi connectivity index (χ4n) is 3.14. The summed E-state index contributed by atoms with van der Waals surface area (Å²) in [4.78, 5) is 51.6. The highest BCUT2D eigenvalue weighted by Gasteiger charge is 2.37. The maximum atomic E-state index is 13.0. The van der Waals surface area contributed by atoms with Gasteiger partial charge in [-0.3, -0.25) is 19.2 Å². The Labute approximate surface area is 159 Å². The first-order chi connectivity index (χ1) is 13.3. The lowest BCUT2D eigenvalue weighted by molar-refractivity contribution is -0.144. The Balaban J connectivity index is 1.77. The first-order valence-corrected chi connectivity index (χ1v) is 8.60. The van der Waals surface area contributed by atoms with E-state index in [-0.39, 0.29) is 30.6 Å². The molecule has 2 heterocycles. The van der Waals surface area contributed by atoms with Crippen LogP contribution in [0.1, 0.15) is 16.8 Å². The molecule has 3 rings (SSSR count). The topological polar surface area (TPSA) is 120 Å². The first kappa shape index (κ1) is 19.3. The highest BCUT2D eigenvalue weighted by atomic mass is 19.1. The van der Waals surface area contributed by atoms with Crippen LogP contribution in [0.15, 0.2) is 47.4 Å². The minimum Gasteiger partial charge on any atom is -0.481 e. The molecular weight excluding hydrogens is 369 g/mol. The lowest BCUT2D eigenvalue weighted by Gasteiger charge is -2.35. The van der Waals surface area contributed by atoms with Crippen molar-refractivity contribution in [2.24, 2.45) is 11.8 Å². The molecule has 0 bridgehead atoms. The Morgan fingerprint density at radius 1 is 1.07 bits per heavy atom. The minimum atomic E-state index is -1.10. The van der Waals surface area contributed by atoms with Crippen LogP contribution in [0.2, 0.25) is 0 Å². The number of carbonyl (C=O) groups is 3. The van der Waals surface area contributed by atoms with Crippen LogP contribution >= 0.6 is 0 Å². The van der Waals surface area contributed by atoms with Crippen LogP contribution in [-0.2, 0) is 9.59 Å². The number of aliphatic carboxylic acids is 1. The van der Waals surface area contributed by atoms with Gasteiger partial charge >= 0.3 is 5.97 Å². The van der Waals surface area contributed by atoms with Crippen LogP contribution in [0.25, 0.3) is 0 Å². The third-order valence-corrected chi connectivity index (χ3v) is 4.60. The van der Waals surface area contributed by atoms with Crippen molar-refractivity contribution in [1.29, 1.82) is 0 Å². The largest absolute Gasteiger partial charge is 0.481 e. The average molecular weight is 387 g/mol. The number of amides is 2. The number of hydrogen-bond donors (Lipinski definition) is 3. The number of hydrogen-bond acceptors (Lipinski definition) is 4. The molecule has 1 aliphatic heterocycles. The highest BCUT2D eigenvalue weighted by Crippen LogP contribution is 2.25. The van der Waals surface area contributed by atoms with Gasteiger partial charge in [0.05, 0.1) is 17.4 Å². The molecule has 1 fully saturated rings. The van der Waals surface area contributed by atoms with E-state index in [9.17, 15) is 28.7 Å². The Hall–Kier alpha value is -3.49. The quantitative estimate of drug-likeness (QED) is 0.731. The number of anilines is 1. The van der Waals surface area contributed by atoms with Gasteiger partial charge < -0.3 is 20.3 Å². The van der Waals surface area contributed by atoms with Crippen molar-refractivity contribution in [2.45, 2.75) is 6.42 Å². The van der Waals surface area contributed by atoms with Crippen LogP contribution in [0.3, 0.4) is 0 Å².